The van der Waals surface area contributed by atoms with Gasteiger partial charge in [0.15, 0.2) is 11.3 Å². The molecule has 1 heterocycles. The molecule has 31 heavy (non-hydrogen) atoms. The standard InChI is InChI=1S/C27H28N2O2/c1-4-25-28-27(23-11-7-5-8-12-23,24-13-9-6-10-14-24)26(31)29(25)18-21-15-19(2)16-22(17-21)20(3)30/h5-17,25,28H,4,18H2,1-3H3. The van der Waals surface area contributed by atoms with Crippen LogP contribution in [0.25, 0.3) is 0 Å². The third kappa shape index (κ3) is 3.79. The molecule has 1 aliphatic heterocycles. The molecule has 4 rings (SSSR count). The smallest absolute Gasteiger partial charge is 0.253 e. The van der Waals surface area contributed by atoms with Crippen LogP contribution in [-0.2, 0) is 16.9 Å². The Morgan fingerprint density at radius 3 is 2.06 bits per heavy atom. The van der Waals surface area contributed by atoms with Crippen molar-refractivity contribution in [2.24, 2.45) is 0 Å². The molecule has 0 bridgehead atoms. The zero-order valence-corrected chi connectivity index (χ0v) is 18.3. The summed E-state index contributed by atoms with van der Waals surface area (Å²) in [6, 6.07) is 25.7. The van der Waals surface area contributed by atoms with E-state index in [1.807, 2.05) is 84.6 Å². The van der Waals surface area contributed by atoms with Gasteiger partial charge in [-0.2, -0.15) is 0 Å². The van der Waals surface area contributed by atoms with Crippen molar-refractivity contribution in [2.45, 2.75) is 45.4 Å². The Kier molecular flexibility index (Phi) is 5.75. The summed E-state index contributed by atoms with van der Waals surface area (Å²) in [7, 11) is 0. The normalized spacial score (nSPS) is 17.7. The van der Waals surface area contributed by atoms with E-state index in [2.05, 4.69) is 18.3 Å². The van der Waals surface area contributed by atoms with Crippen LogP contribution in [0.3, 0.4) is 0 Å². The molecule has 0 spiro atoms. The Balaban J connectivity index is 1.79. The van der Waals surface area contributed by atoms with Gasteiger partial charge in [0.05, 0.1) is 6.17 Å². The number of hydrogen-bond acceptors (Lipinski definition) is 3. The van der Waals surface area contributed by atoms with Crippen molar-refractivity contribution in [3.05, 3.63) is 107 Å². The predicted molar refractivity (Wildman–Crippen MR) is 123 cm³/mol. The zero-order valence-electron chi connectivity index (χ0n) is 18.3. The van der Waals surface area contributed by atoms with Gasteiger partial charge in [-0.05, 0) is 49.1 Å². The van der Waals surface area contributed by atoms with Gasteiger partial charge < -0.3 is 4.90 Å². The zero-order chi connectivity index (χ0) is 22.0. The number of hydrogen-bond donors (Lipinski definition) is 1. The second-order valence-electron chi connectivity index (χ2n) is 8.25. The second-order valence-corrected chi connectivity index (χ2v) is 8.25. The number of amides is 1. The molecule has 1 saturated heterocycles. The summed E-state index contributed by atoms with van der Waals surface area (Å²) in [5.74, 6) is 0.0633. The third-order valence-electron chi connectivity index (χ3n) is 6.04. The van der Waals surface area contributed by atoms with Crippen molar-refractivity contribution in [2.75, 3.05) is 0 Å². The van der Waals surface area contributed by atoms with Crippen molar-refractivity contribution in [1.29, 1.82) is 0 Å². The number of nitrogens with zero attached hydrogens (tertiary/aromatic N) is 1. The first kappa shape index (κ1) is 21.0. The van der Waals surface area contributed by atoms with E-state index in [9.17, 15) is 9.59 Å². The minimum Gasteiger partial charge on any atom is -0.321 e. The highest BCUT2D eigenvalue weighted by molar-refractivity contribution is 5.95. The van der Waals surface area contributed by atoms with Gasteiger partial charge in [0.25, 0.3) is 5.91 Å². The lowest BCUT2D eigenvalue weighted by Gasteiger charge is -2.29. The molecular weight excluding hydrogens is 384 g/mol. The van der Waals surface area contributed by atoms with Crippen molar-refractivity contribution in [1.82, 2.24) is 10.2 Å². The molecule has 1 atom stereocenters. The fourth-order valence-corrected chi connectivity index (χ4v) is 4.56. The van der Waals surface area contributed by atoms with Gasteiger partial charge in [0.1, 0.15) is 0 Å². The summed E-state index contributed by atoms with van der Waals surface area (Å²) in [5.41, 5.74) is 3.60. The molecule has 1 amide bonds. The van der Waals surface area contributed by atoms with E-state index in [0.29, 0.717) is 12.1 Å². The Morgan fingerprint density at radius 2 is 1.55 bits per heavy atom. The first-order chi connectivity index (χ1) is 15.0. The Bertz CT molecular complexity index is 1050. The number of aryl methyl sites for hydroxylation is 1. The third-order valence-corrected chi connectivity index (χ3v) is 6.04. The monoisotopic (exact) mass is 412 g/mol. The molecule has 0 radical (unpaired) electrons. The Morgan fingerprint density at radius 1 is 0.968 bits per heavy atom. The van der Waals surface area contributed by atoms with Crippen LogP contribution >= 0.6 is 0 Å². The lowest BCUT2D eigenvalue weighted by atomic mass is 9.82. The maximum atomic E-state index is 14.1. The number of rotatable bonds is 6. The van der Waals surface area contributed by atoms with Crippen LogP contribution in [-0.4, -0.2) is 22.8 Å². The highest BCUT2D eigenvalue weighted by Gasteiger charge is 2.52. The molecule has 0 aromatic heterocycles. The van der Waals surface area contributed by atoms with E-state index >= 15 is 0 Å². The second kappa shape index (κ2) is 8.48. The molecule has 1 fully saturated rings. The van der Waals surface area contributed by atoms with E-state index in [1.54, 1.807) is 6.92 Å². The van der Waals surface area contributed by atoms with Gasteiger partial charge >= 0.3 is 0 Å². The van der Waals surface area contributed by atoms with Gasteiger partial charge in [-0.3, -0.25) is 14.9 Å². The molecule has 0 aliphatic carbocycles. The summed E-state index contributed by atoms with van der Waals surface area (Å²) in [6.07, 6.45) is 0.660. The van der Waals surface area contributed by atoms with Crippen LogP contribution in [0.5, 0.6) is 0 Å². The fourth-order valence-electron chi connectivity index (χ4n) is 4.56. The molecule has 4 nitrogen and oxygen atoms in total. The van der Waals surface area contributed by atoms with Crippen molar-refractivity contribution in [3.8, 4) is 0 Å². The maximum Gasteiger partial charge on any atom is 0.253 e. The average Bonchev–Trinajstić information content (AvgIpc) is 3.07. The number of carbonyl (C=O) groups is 2. The van der Waals surface area contributed by atoms with Crippen molar-refractivity contribution < 1.29 is 9.59 Å². The highest BCUT2D eigenvalue weighted by Crippen LogP contribution is 2.38. The first-order valence-electron chi connectivity index (χ1n) is 10.8. The lowest BCUT2D eigenvalue weighted by Crippen LogP contribution is -2.45. The topological polar surface area (TPSA) is 49.4 Å². The van der Waals surface area contributed by atoms with Crippen LogP contribution in [0.4, 0.5) is 0 Å². The minimum absolute atomic E-state index is 0.0302. The van der Waals surface area contributed by atoms with Crippen LogP contribution in [0.15, 0.2) is 78.9 Å². The molecule has 0 saturated carbocycles. The van der Waals surface area contributed by atoms with E-state index in [-0.39, 0.29) is 17.9 Å². The van der Waals surface area contributed by atoms with Gasteiger partial charge in [0, 0.05) is 12.1 Å². The minimum atomic E-state index is -0.934. The van der Waals surface area contributed by atoms with Gasteiger partial charge in [-0.1, -0.05) is 79.2 Å². The SMILES string of the molecule is CCC1NC(c2ccccc2)(c2ccccc2)C(=O)N1Cc1cc(C)cc(C(C)=O)c1. The molecule has 3 aromatic carbocycles. The van der Waals surface area contributed by atoms with Crippen LogP contribution < -0.4 is 5.32 Å². The number of carbonyl (C=O) groups excluding carboxylic acids is 2. The fraction of sp³-hybridized carbons (Fsp3) is 0.259. The predicted octanol–water partition coefficient (Wildman–Crippen LogP) is 4.81. The van der Waals surface area contributed by atoms with Crippen LogP contribution in [0.2, 0.25) is 0 Å². The summed E-state index contributed by atoms with van der Waals surface area (Å²) in [5, 5.41) is 3.67. The highest BCUT2D eigenvalue weighted by atomic mass is 16.2. The number of Topliss-reactive ketones (excluding diaryl/α,β-unsaturated/α-hetero) is 1. The molecule has 3 aromatic rings. The van der Waals surface area contributed by atoms with E-state index in [4.69, 9.17) is 0 Å². The molecule has 1 N–H and O–H groups in total. The van der Waals surface area contributed by atoms with Gasteiger partial charge in [-0.25, -0.2) is 0 Å². The molecule has 158 valence electrons. The van der Waals surface area contributed by atoms with E-state index in [1.165, 1.54) is 0 Å². The quantitative estimate of drug-likeness (QED) is 0.591. The van der Waals surface area contributed by atoms with E-state index in [0.717, 1.165) is 28.7 Å². The summed E-state index contributed by atoms with van der Waals surface area (Å²) < 4.78 is 0. The number of benzene rings is 3. The van der Waals surface area contributed by atoms with Crippen molar-refractivity contribution in [3.63, 3.8) is 0 Å². The van der Waals surface area contributed by atoms with Crippen LogP contribution in [0, 0.1) is 6.92 Å². The molecule has 4 heteroatoms. The Hall–Kier alpha value is -3.24. The molecule has 1 aliphatic rings. The lowest BCUT2D eigenvalue weighted by molar-refractivity contribution is -0.133. The Labute approximate surface area is 183 Å². The summed E-state index contributed by atoms with van der Waals surface area (Å²) >= 11 is 0. The number of nitrogens with one attached hydrogen (secondary N) is 1. The molecule has 1 unspecified atom stereocenters. The first-order valence-corrected chi connectivity index (χ1v) is 10.8. The van der Waals surface area contributed by atoms with E-state index < -0.39 is 5.54 Å². The van der Waals surface area contributed by atoms with Crippen molar-refractivity contribution >= 4 is 11.7 Å². The van der Waals surface area contributed by atoms with Gasteiger partial charge in [0.2, 0.25) is 0 Å². The maximum absolute atomic E-state index is 14.1. The average molecular weight is 413 g/mol. The van der Waals surface area contributed by atoms with Crippen LogP contribution in [0.1, 0.15) is 52.9 Å². The number of ketones is 1. The summed E-state index contributed by atoms with van der Waals surface area (Å²) in [6.45, 7) is 6.09. The largest absolute Gasteiger partial charge is 0.321 e. The van der Waals surface area contributed by atoms with Gasteiger partial charge in [-0.15, -0.1) is 0 Å². The summed E-state index contributed by atoms with van der Waals surface area (Å²) in [4.78, 5) is 28.0. The molecular formula is C27H28N2O2.